The van der Waals surface area contributed by atoms with Crippen molar-refractivity contribution in [2.45, 2.75) is 123 Å². The fourth-order valence-corrected chi connectivity index (χ4v) is 3.58. The molecule has 0 aliphatic rings. The molecule has 6 heteroatoms. The first-order valence-corrected chi connectivity index (χ1v) is 14.0. The Morgan fingerprint density at radius 2 is 0.853 bits per heavy atom. The van der Waals surface area contributed by atoms with Crippen LogP contribution in [0.15, 0.2) is 0 Å². The average molecular weight is 489 g/mol. The van der Waals surface area contributed by atoms with Gasteiger partial charge in [-0.15, -0.1) is 0 Å². The minimum atomic E-state index is -0.482. The number of unbranched alkanes of at least 4 members (excludes halogenated alkanes) is 13. The zero-order chi connectivity index (χ0) is 25.2. The fraction of sp³-hybridized carbons (Fsp3) is 0.964. The molecule has 0 bridgehead atoms. The van der Waals surface area contributed by atoms with E-state index in [9.17, 15) is 4.79 Å². The molecule has 0 aromatic rings. The molecule has 0 aromatic carbocycles. The highest BCUT2D eigenvalue weighted by Crippen LogP contribution is 2.13. The lowest BCUT2D eigenvalue weighted by Crippen LogP contribution is -2.27. The number of esters is 1. The molecule has 0 aliphatic heterocycles. The number of carbonyl (C=O) groups is 1. The standard InChI is InChI=1S/C28H56O6/c1-5-6-7-8-9-10-11-12-13-14-15-16-17-18-19-30-20-21-31-22-23-32-24-25-33-26-27(29)34-28(2,3)4/h5-26H2,1-4H3. The molecule has 0 aliphatic carbocycles. The van der Waals surface area contributed by atoms with Gasteiger partial charge in [0.2, 0.25) is 0 Å². The topological polar surface area (TPSA) is 63.2 Å². The Morgan fingerprint density at radius 1 is 0.500 bits per heavy atom. The number of hydrogen-bond acceptors (Lipinski definition) is 6. The van der Waals surface area contributed by atoms with E-state index in [2.05, 4.69) is 6.92 Å². The number of carbonyl (C=O) groups excluding carboxylic acids is 1. The Labute approximate surface area is 210 Å². The summed E-state index contributed by atoms with van der Waals surface area (Å²) >= 11 is 0. The second kappa shape index (κ2) is 25.4. The van der Waals surface area contributed by atoms with E-state index in [4.69, 9.17) is 23.7 Å². The van der Waals surface area contributed by atoms with Gasteiger partial charge in [-0.1, -0.05) is 90.4 Å². The molecule has 0 N–H and O–H groups in total. The van der Waals surface area contributed by atoms with Crippen LogP contribution in [0, 0.1) is 0 Å². The molecule has 0 atom stereocenters. The molecule has 0 unspecified atom stereocenters. The van der Waals surface area contributed by atoms with E-state index in [0.29, 0.717) is 39.6 Å². The quantitative estimate of drug-likeness (QED) is 0.0977. The van der Waals surface area contributed by atoms with Gasteiger partial charge in [0.15, 0.2) is 0 Å². The van der Waals surface area contributed by atoms with Gasteiger partial charge in [0, 0.05) is 6.61 Å². The van der Waals surface area contributed by atoms with Crippen molar-refractivity contribution in [3.05, 3.63) is 0 Å². The highest BCUT2D eigenvalue weighted by molar-refractivity contribution is 5.71. The van der Waals surface area contributed by atoms with Crippen LogP contribution in [0.4, 0.5) is 0 Å². The molecule has 0 amide bonds. The van der Waals surface area contributed by atoms with Gasteiger partial charge in [-0.2, -0.15) is 0 Å². The van der Waals surface area contributed by atoms with Gasteiger partial charge in [0.1, 0.15) is 12.2 Å². The Morgan fingerprint density at radius 3 is 1.26 bits per heavy atom. The van der Waals surface area contributed by atoms with Crippen molar-refractivity contribution < 1.29 is 28.5 Å². The highest BCUT2D eigenvalue weighted by atomic mass is 16.6. The maximum atomic E-state index is 11.5. The minimum absolute atomic E-state index is 0.0478. The molecule has 0 saturated heterocycles. The van der Waals surface area contributed by atoms with Crippen LogP contribution >= 0.6 is 0 Å². The Kier molecular flexibility index (Phi) is 24.9. The maximum absolute atomic E-state index is 11.5. The number of ether oxygens (including phenoxy) is 5. The second-order valence-electron chi connectivity index (χ2n) is 10.1. The molecule has 34 heavy (non-hydrogen) atoms. The zero-order valence-electron chi connectivity index (χ0n) is 23.0. The van der Waals surface area contributed by atoms with E-state index in [1.54, 1.807) is 0 Å². The van der Waals surface area contributed by atoms with Crippen molar-refractivity contribution >= 4 is 5.97 Å². The molecule has 0 radical (unpaired) electrons. The van der Waals surface area contributed by atoms with Crippen LogP contribution in [0.2, 0.25) is 0 Å². The average Bonchev–Trinajstić information content (AvgIpc) is 2.78. The maximum Gasteiger partial charge on any atom is 0.332 e. The van der Waals surface area contributed by atoms with Gasteiger partial charge in [0.05, 0.1) is 39.6 Å². The number of hydrogen-bond donors (Lipinski definition) is 0. The molecule has 0 saturated carbocycles. The summed E-state index contributed by atoms with van der Waals surface area (Å²) in [4.78, 5) is 11.5. The molecular formula is C28H56O6. The summed E-state index contributed by atoms with van der Waals surface area (Å²) in [6.45, 7) is 11.6. The summed E-state index contributed by atoms with van der Waals surface area (Å²) in [5, 5.41) is 0. The molecule has 0 fully saturated rings. The lowest BCUT2D eigenvalue weighted by molar-refractivity contribution is -0.160. The van der Waals surface area contributed by atoms with Crippen molar-refractivity contribution in [3.63, 3.8) is 0 Å². The summed E-state index contributed by atoms with van der Waals surface area (Å²) in [5.74, 6) is -0.357. The van der Waals surface area contributed by atoms with Crippen molar-refractivity contribution in [1.29, 1.82) is 0 Å². The SMILES string of the molecule is CCCCCCCCCCCCCCCCOCCOCCOCCOCC(=O)OC(C)(C)C. The predicted octanol–water partition coefficient (Wildman–Crippen LogP) is 6.88. The molecule has 0 aromatic heterocycles. The minimum Gasteiger partial charge on any atom is -0.458 e. The van der Waals surface area contributed by atoms with Gasteiger partial charge in [-0.25, -0.2) is 4.79 Å². The summed E-state index contributed by atoms with van der Waals surface area (Å²) < 4.78 is 26.9. The molecule has 0 rings (SSSR count). The van der Waals surface area contributed by atoms with Crippen LogP contribution in [-0.4, -0.2) is 64.4 Å². The van der Waals surface area contributed by atoms with E-state index in [1.807, 2.05) is 20.8 Å². The third-order valence-electron chi connectivity index (χ3n) is 5.40. The van der Waals surface area contributed by atoms with E-state index >= 15 is 0 Å². The fourth-order valence-electron chi connectivity index (χ4n) is 3.58. The second-order valence-corrected chi connectivity index (χ2v) is 10.1. The number of rotatable bonds is 26. The van der Waals surface area contributed by atoms with Crippen LogP contribution in [-0.2, 0) is 28.5 Å². The predicted molar refractivity (Wildman–Crippen MR) is 139 cm³/mol. The van der Waals surface area contributed by atoms with Crippen LogP contribution < -0.4 is 0 Å². The van der Waals surface area contributed by atoms with Crippen LogP contribution in [0.5, 0.6) is 0 Å². The molecule has 204 valence electrons. The van der Waals surface area contributed by atoms with Crippen molar-refractivity contribution in [2.24, 2.45) is 0 Å². The summed E-state index contributed by atoms with van der Waals surface area (Å²) in [6, 6.07) is 0. The first-order chi connectivity index (χ1) is 16.5. The van der Waals surface area contributed by atoms with Crippen LogP contribution in [0.25, 0.3) is 0 Å². The normalized spacial score (nSPS) is 11.8. The largest absolute Gasteiger partial charge is 0.458 e. The van der Waals surface area contributed by atoms with E-state index in [0.717, 1.165) is 13.0 Å². The van der Waals surface area contributed by atoms with Crippen molar-refractivity contribution in [2.75, 3.05) is 52.9 Å². The summed E-state index contributed by atoms with van der Waals surface area (Å²) in [6.07, 6.45) is 19.2. The molecule has 6 nitrogen and oxygen atoms in total. The van der Waals surface area contributed by atoms with E-state index < -0.39 is 5.60 Å². The highest BCUT2D eigenvalue weighted by Gasteiger charge is 2.15. The van der Waals surface area contributed by atoms with Crippen LogP contribution in [0.3, 0.4) is 0 Å². The Balaban J connectivity index is 3.10. The third kappa shape index (κ3) is 29.3. The van der Waals surface area contributed by atoms with E-state index in [1.165, 1.54) is 83.5 Å². The monoisotopic (exact) mass is 488 g/mol. The van der Waals surface area contributed by atoms with Crippen molar-refractivity contribution in [3.8, 4) is 0 Å². The van der Waals surface area contributed by atoms with Crippen LogP contribution in [0.1, 0.15) is 118 Å². The Hall–Kier alpha value is -0.690. The first-order valence-electron chi connectivity index (χ1n) is 14.0. The lowest BCUT2D eigenvalue weighted by Gasteiger charge is -2.19. The smallest absolute Gasteiger partial charge is 0.332 e. The molecule has 0 spiro atoms. The molecular weight excluding hydrogens is 432 g/mol. The summed E-state index contributed by atoms with van der Waals surface area (Å²) in [7, 11) is 0. The van der Waals surface area contributed by atoms with Gasteiger partial charge >= 0.3 is 5.97 Å². The summed E-state index contributed by atoms with van der Waals surface area (Å²) in [5.41, 5.74) is -0.482. The van der Waals surface area contributed by atoms with Gasteiger partial charge in [-0.05, 0) is 27.2 Å². The van der Waals surface area contributed by atoms with Crippen molar-refractivity contribution in [1.82, 2.24) is 0 Å². The van der Waals surface area contributed by atoms with E-state index in [-0.39, 0.29) is 12.6 Å². The molecule has 0 heterocycles. The lowest BCUT2D eigenvalue weighted by atomic mass is 10.0. The third-order valence-corrected chi connectivity index (χ3v) is 5.40. The zero-order valence-corrected chi connectivity index (χ0v) is 23.0. The van der Waals surface area contributed by atoms with Gasteiger partial charge in [0.25, 0.3) is 0 Å². The Bertz CT molecular complexity index is 422. The van der Waals surface area contributed by atoms with Gasteiger partial charge in [-0.3, -0.25) is 0 Å². The van der Waals surface area contributed by atoms with Gasteiger partial charge < -0.3 is 23.7 Å². The first kappa shape index (κ1) is 33.3.